The van der Waals surface area contributed by atoms with Crippen molar-refractivity contribution < 1.29 is 22.7 Å². The molecule has 1 fully saturated rings. The third-order valence-electron chi connectivity index (χ3n) is 6.09. The van der Waals surface area contributed by atoms with Crippen molar-refractivity contribution in [3.8, 4) is 21.8 Å². The van der Waals surface area contributed by atoms with Crippen LogP contribution in [-0.2, 0) is 4.74 Å². The molecular formula is C28H25ClF3N5O2S2. The van der Waals surface area contributed by atoms with Crippen LogP contribution in [0.25, 0.3) is 21.8 Å². The number of amides is 1. The van der Waals surface area contributed by atoms with Crippen molar-refractivity contribution >= 4 is 46.7 Å². The van der Waals surface area contributed by atoms with E-state index in [-0.39, 0.29) is 27.5 Å². The minimum atomic E-state index is -0.663. The highest BCUT2D eigenvalue weighted by molar-refractivity contribution is 8.00. The van der Waals surface area contributed by atoms with Crippen LogP contribution in [-0.4, -0.2) is 38.1 Å². The van der Waals surface area contributed by atoms with Crippen molar-refractivity contribution in [1.82, 2.24) is 19.9 Å². The predicted molar refractivity (Wildman–Crippen MR) is 154 cm³/mol. The molecule has 0 aliphatic carbocycles. The standard InChI is InChI=1S/C28H25ClF3N5O2S2/c1-28(2,3)39-27(38)37-13-5-8-20(37)25-35-23(24(40-25)19-11-12-33-26(29)34-19)16-6-4-7-18(22(16)32)36-41-21-14-15(30)9-10-17(21)31/h4,6-7,9-12,14,20,36H,5,8,13H2,1-3H3. The van der Waals surface area contributed by atoms with Crippen molar-refractivity contribution in [2.24, 2.45) is 0 Å². The topological polar surface area (TPSA) is 80.2 Å². The number of nitrogens with one attached hydrogen (secondary N) is 1. The van der Waals surface area contributed by atoms with Crippen LogP contribution in [0, 0.1) is 17.5 Å². The lowest BCUT2D eigenvalue weighted by molar-refractivity contribution is 0.0224. The molecule has 1 aliphatic heterocycles. The van der Waals surface area contributed by atoms with Gasteiger partial charge in [0.05, 0.1) is 32.9 Å². The Morgan fingerprint density at radius 3 is 2.73 bits per heavy atom. The normalized spacial score (nSPS) is 15.3. The van der Waals surface area contributed by atoms with Gasteiger partial charge < -0.3 is 9.46 Å². The monoisotopic (exact) mass is 619 g/mol. The number of halogens is 4. The van der Waals surface area contributed by atoms with E-state index in [0.717, 1.165) is 36.6 Å². The smallest absolute Gasteiger partial charge is 0.410 e. The zero-order valence-corrected chi connectivity index (χ0v) is 24.6. The number of carbonyl (C=O) groups excluding carboxylic acids is 1. The van der Waals surface area contributed by atoms with E-state index < -0.39 is 29.1 Å². The zero-order chi connectivity index (χ0) is 29.3. The molecule has 3 heterocycles. The first-order valence-electron chi connectivity index (χ1n) is 12.7. The fraction of sp³-hybridized carbons (Fsp3) is 0.286. The summed E-state index contributed by atoms with van der Waals surface area (Å²) in [6, 6.07) is 9.00. The van der Waals surface area contributed by atoms with Crippen molar-refractivity contribution in [1.29, 1.82) is 0 Å². The Hall–Kier alpha value is -3.35. The summed E-state index contributed by atoms with van der Waals surface area (Å²) in [7, 11) is 0. The van der Waals surface area contributed by atoms with E-state index in [1.54, 1.807) is 43.9 Å². The molecule has 41 heavy (non-hydrogen) atoms. The number of ether oxygens (including phenoxy) is 1. The SMILES string of the molecule is CC(C)(C)OC(=O)N1CCCC1c1nc(-c2cccc(NSc3cc(F)ccc3F)c2F)c(-c2ccnc(Cl)n2)s1. The molecular weight excluding hydrogens is 595 g/mol. The van der Waals surface area contributed by atoms with Gasteiger partial charge in [0, 0.05) is 18.3 Å². The maximum atomic E-state index is 16.0. The van der Waals surface area contributed by atoms with Gasteiger partial charge in [0.1, 0.15) is 22.2 Å². The average molecular weight is 620 g/mol. The second kappa shape index (κ2) is 11.9. The number of benzene rings is 2. The molecule has 0 bridgehead atoms. The molecule has 1 saturated heterocycles. The Labute approximate surface area is 248 Å². The van der Waals surface area contributed by atoms with Crippen molar-refractivity contribution in [3.05, 3.63) is 76.4 Å². The van der Waals surface area contributed by atoms with E-state index in [1.807, 2.05) is 0 Å². The molecule has 13 heteroatoms. The van der Waals surface area contributed by atoms with Crippen LogP contribution >= 0.6 is 34.9 Å². The quantitative estimate of drug-likeness (QED) is 0.171. The van der Waals surface area contributed by atoms with E-state index >= 15 is 4.39 Å². The largest absolute Gasteiger partial charge is 0.444 e. The Bertz CT molecular complexity index is 1600. The van der Waals surface area contributed by atoms with Crippen LogP contribution in [0.1, 0.15) is 44.7 Å². The van der Waals surface area contributed by atoms with Gasteiger partial charge in [-0.1, -0.05) is 6.07 Å². The Balaban J connectivity index is 1.53. The summed E-state index contributed by atoms with van der Waals surface area (Å²) in [6.07, 6.45) is 2.47. The van der Waals surface area contributed by atoms with Crippen LogP contribution in [0.15, 0.2) is 53.6 Å². The molecule has 1 aliphatic rings. The summed E-state index contributed by atoms with van der Waals surface area (Å²) >= 11 is 8.12. The number of aromatic nitrogens is 3. The molecule has 0 radical (unpaired) electrons. The van der Waals surface area contributed by atoms with Crippen LogP contribution in [0.5, 0.6) is 0 Å². The summed E-state index contributed by atoms with van der Waals surface area (Å²) in [5.74, 6) is -1.90. The summed E-state index contributed by atoms with van der Waals surface area (Å²) in [4.78, 5) is 28.2. The Morgan fingerprint density at radius 2 is 1.98 bits per heavy atom. The highest BCUT2D eigenvalue weighted by Gasteiger charge is 2.36. The molecule has 1 unspecified atom stereocenters. The predicted octanol–water partition coefficient (Wildman–Crippen LogP) is 8.53. The molecule has 5 rings (SSSR count). The van der Waals surface area contributed by atoms with Gasteiger partial charge in [0.25, 0.3) is 0 Å². The number of hydrogen-bond acceptors (Lipinski definition) is 8. The molecule has 1 N–H and O–H groups in total. The van der Waals surface area contributed by atoms with E-state index in [4.69, 9.17) is 21.3 Å². The number of likely N-dealkylation sites (tertiary alicyclic amines) is 1. The van der Waals surface area contributed by atoms with Gasteiger partial charge >= 0.3 is 6.09 Å². The average Bonchev–Trinajstić information content (AvgIpc) is 3.57. The van der Waals surface area contributed by atoms with Gasteiger partial charge in [-0.05, 0) is 93.6 Å². The lowest BCUT2D eigenvalue weighted by Crippen LogP contribution is -2.36. The molecule has 1 amide bonds. The van der Waals surface area contributed by atoms with Gasteiger partial charge in [-0.25, -0.2) is 32.9 Å². The first-order valence-corrected chi connectivity index (χ1v) is 14.7. The lowest BCUT2D eigenvalue weighted by Gasteiger charge is -2.27. The van der Waals surface area contributed by atoms with Crippen LogP contribution in [0.3, 0.4) is 0 Å². The zero-order valence-electron chi connectivity index (χ0n) is 22.3. The van der Waals surface area contributed by atoms with E-state index in [0.29, 0.717) is 34.2 Å². The number of thiazole rings is 1. The van der Waals surface area contributed by atoms with Gasteiger partial charge in [-0.15, -0.1) is 11.3 Å². The summed E-state index contributed by atoms with van der Waals surface area (Å²) < 4.78 is 52.1. The molecule has 214 valence electrons. The van der Waals surface area contributed by atoms with Crippen LogP contribution in [0.2, 0.25) is 5.28 Å². The first kappa shape index (κ1) is 29.2. The Morgan fingerprint density at radius 1 is 1.17 bits per heavy atom. The highest BCUT2D eigenvalue weighted by atomic mass is 35.5. The third kappa shape index (κ3) is 6.60. The van der Waals surface area contributed by atoms with Crippen LogP contribution in [0.4, 0.5) is 23.7 Å². The van der Waals surface area contributed by atoms with Gasteiger partial charge in [-0.3, -0.25) is 4.90 Å². The van der Waals surface area contributed by atoms with E-state index in [1.165, 1.54) is 23.6 Å². The molecule has 0 saturated carbocycles. The lowest BCUT2D eigenvalue weighted by atomic mass is 10.1. The molecule has 1 atom stereocenters. The molecule has 0 spiro atoms. The molecule has 2 aromatic heterocycles. The second-order valence-corrected chi connectivity index (χ2v) is 12.4. The Kier molecular flexibility index (Phi) is 8.44. The fourth-order valence-corrected chi connectivity index (χ4v) is 6.38. The van der Waals surface area contributed by atoms with Gasteiger partial charge in [-0.2, -0.15) is 0 Å². The number of nitrogens with zero attached hydrogens (tertiary/aromatic N) is 4. The summed E-state index contributed by atoms with van der Waals surface area (Å²) in [6.45, 7) is 5.92. The van der Waals surface area contributed by atoms with Crippen molar-refractivity contribution in [3.63, 3.8) is 0 Å². The van der Waals surface area contributed by atoms with E-state index in [2.05, 4.69) is 14.7 Å². The number of carbonyl (C=O) groups is 1. The maximum absolute atomic E-state index is 16.0. The number of hydrogen-bond donors (Lipinski definition) is 1. The second-order valence-electron chi connectivity index (χ2n) is 10.2. The minimum Gasteiger partial charge on any atom is -0.444 e. The minimum absolute atomic E-state index is 0.0176. The summed E-state index contributed by atoms with van der Waals surface area (Å²) in [5, 5.41) is 0.617. The van der Waals surface area contributed by atoms with Gasteiger partial charge in [0.2, 0.25) is 5.28 Å². The highest BCUT2D eigenvalue weighted by Crippen LogP contribution is 2.44. The van der Waals surface area contributed by atoms with E-state index in [9.17, 15) is 13.6 Å². The fourth-order valence-electron chi connectivity index (χ4n) is 4.32. The van der Waals surface area contributed by atoms with Crippen molar-refractivity contribution in [2.75, 3.05) is 11.3 Å². The number of anilines is 1. The molecule has 2 aromatic carbocycles. The van der Waals surface area contributed by atoms with Crippen LogP contribution < -0.4 is 4.72 Å². The first-order chi connectivity index (χ1) is 19.5. The van der Waals surface area contributed by atoms with Gasteiger partial charge in [0.15, 0.2) is 5.82 Å². The third-order valence-corrected chi connectivity index (χ3v) is 8.30. The maximum Gasteiger partial charge on any atom is 0.410 e. The number of rotatable bonds is 6. The van der Waals surface area contributed by atoms with Crippen molar-refractivity contribution in [2.45, 2.75) is 50.2 Å². The molecule has 4 aromatic rings. The molecule has 7 nitrogen and oxygen atoms in total. The summed E-state index contributed by atoms with van der Waals surface area (Å²) in [5.41, 5.74) is 0.292.